The third-order valence-corrected chi connectivity index (χ3v) is 16.3. The molecule has 2 aromatic rings. The number of hydrogen-bond acceptors (Lipinski definition) is 4. The van der Waals surface area contributed by atoms with Crippen LogP contribution in [-0.4, -0.2) is 32.6 Å². The number of benzene rings is 2. The molecule has 4 N–H and O–H groups in total. The van der Waals surface area contributed by atoms with Crippen LogP contribution in [0.1, 0.15) is 157 Å². The van der Waals surface area contributed by atoms with Gasteiger partial charge in [0.1, 0.15) is 11.5 Å². The Hall–Kier alpha value is -2.04. The maximum Gasteiger partial charge on any atom is 0.115 e. The molecule has 6 aliphatic carbocycles. The maximum atomic E-state index is 11.0. The van der Waals surface area contributed by atoms with E-state index in [9.17, 15) is 20.4 Å². The summed E-state index contributed by atoms with van der Waals surface area (Å²) in [5.41, 5.74) is 5.94. The van der Waals surface area contributed by atoms with Crippen molar-refractivity contribution in [1.29, 1.82) is 0 Å². The van der Waals surface area contributed by atoms with Crippen LogP contribution in [0.4, 0.5) is 0 Å². The number of unbranched alkanes of at least 4 members (excludes halogenated alkanes) is 6. The van der Waals surface area contributed by atoms with Crippen LogP contribution >= 0.6 is 0 Å². The summed E-state index contributed by atoms with van der Waals surface area (Å²) in [6, 6.07) is 12.3. The molecule has 8 rings (SSSR count). The molecule has 0 saturated heterocycles. The molecule has 49 heavy (non-hydrogen) atoms. The number of hydrogen-bond donors (Lipinski definition) is 4. The Morgan fingerprint density at radius 2 is 0.959 bits per heavy atom. The van der Waals surface area contributed by atoms with Gasteiger partial charge in [-0.1, -0.05) is 70.9 Å². The lowest BCUT2D eigenvalue weighted by molar-refractivity contribution is -0.0396. The second-order valence-electron chi connectivity index (χ2n) is 18.6. The first-order valence-electron chi connectivity index (χ1n) is 20.7. The van der Waals surface area contributed by atoms with Crippen molar-refractivity contribution in [1.82, 2.24) is 0 Å². The summed E-state index contributed by atoms with van der Waals surface area (Å²) < 4.78 is 0. The monoisotopic (exact) mass is 668 g/mol. The first-order valence-corrected chi connectivity index (χ1v) is 20.7. The van der Waals surface area contributed by atoms with Crippen LogP contribution in [0.5, 0.6) is 11.5 Å². The molecule has 2 aromatic carbocycles. The fourth-order valence-corrected chi connectivity index (χ4v) is 13.8. The topological polar surface area (TPSA) is 80.9 Å². The summed E-state index contributed by atoms with van der Waals surface area (Å²) in [5.74, 6) is 5.97. The van der Waals surface area contributed by atoms with Gasteiger partial charge in [0.25, 0.3) is 0 Å². The Morgan fingerprint density at radius 3 is 1.39 bits per heavy atom. The van der Waals surface area contributed by atoms with Crippen LogP contribution in [0.2, 0.25) is 0 Å². The summed E-state index contributed by atoms with van der Waals surface area (Å²) >= 11 is 0. The SMILES string of the molecule is C[C@@]12CC[C@H]3c4ccc(O)cc4C[C@H](CCCCCCCCC[C@@H]4Cc5cc(O)ccc5[C@H]5CC[C@]6(C)[C@@H](O)CC[C@H]6[C@H]45)[C@H]3[C@H]1CC[C@H]2O. The number of aromatic hydroxyl groups is 2. The van der Waals surface area contributed by atoms with Crippen molar-refractivity contribution in [2.45, 2.75) is 160 Å². The van der Waals surface area contributed by atoms with Crippen LogP contribution in [-0.2, 0) is 12.8 Å². The Kier molecular flexibility index (Phi) is 9.39. The zero-order valence-corrected chi connectivity index (χ0v) is 30.5. The molecular formula is C45H64O4. The zero-order chi connectivity index (χ0) is 33.9. The van der Waals surface area contributed by atoms with Gasteiger partial charge in [0, 0.05) is 0 Å². The van der Waals surface area contributed by atoms with Gasteiger partial charge >= 0.3 is 0 Å². The van der Waals surface area contributed by atoms with Gasteiger partial charge in [0.05, 0.1) is 12.2 Å². The van der Waals surface area contributed by atoms with E-state index in [-0.39, 0.29) is 23.0 Å². The van der Waals surface area contributed by atoms with E-state index in [1.54, 1.807) is 0 Å². The summed E-state index contributed by atoms with van der Waals surface area (Å²) in [5, 5.41) is 42.6. The first-order chi connectivity index (χ1) is 23.7. The van der Waals surface area contributed by atoms with Crippen LogP contribution < -0.4 is 0 Å². The zero-order valence-electron chi connectivity index (χ0n) is 30.5. The highest BCUT2D eigenvalue weighted by atomic mass is 16.3. The number of phenolic OH excluding ortho intramolecular Hbond substituents is 2. The molecule has 0 amide bonds. The van der Waals surface area contributed by atoms with Crippen LogP contribution in [0.25, 0.3) is 0 Å². The molecule has 12 atom stereocenters. The molecule has 0 heterocycles. The summed E-state index contributed by atoms with van der Waals surface area (Å²) in [6.07, 6.45) is 22.7. The fraction of sp³-hybridized carbons (Fsp3) is 0.733. The Morgan fingerprint density at radius 1 is 0.551 bits per heavy atom. The largest absolute Gasteiger partial charge is 0.508 e. The third-order valence-electron chi connectivity index (χ3n) is 16.3. The van der Waals surface area contributed by atoms with E-state index in [4.69, 9.17) is 0 Å². The van der Waals surface area contributed by atoms with Crippen molar-refractivity contribution in [2.24, 2.45) is 46.3 Å². The molecule has 4 saturated carbocycles. The Bertz CT molecular complexity index is 1370. The number of rotatable bonds is 10. The molecule has 4 nitrogen and oxygen atoms in total. The molecule has 0 radical (unpaired) electrons. The number of phenols is 2. The highest BCUT2D eigenvalue weighted by molar-refractivity contribution is 5.42. The molecule has 4 fully saturated rings. The molecule has 6 aliphatic rings. The molecule has 0 spiro atoms. The van der Waals surface area contributed by atoms with E-state index in [0.29, 0.717) is 58.8 Å². The molecule has 0 aliphatic heterocycles. The minimum Gasteiger partial charge on any atom is -0.508 e. The quantitative estimate of drug-likeness (QED) is 0.190. The van der Waals surface area contributed by atoms with E-state index in [2.05, 4.69) is 38.1 Å². The van der Waals surface area contributed by atoms with E-state index in [1.165, 1.54) is 106 Å². The van der Waals surface area contributed by atoms with Gasteiger partial charge in [0.15, 0.2) is 0 Å². The second-order valence-corrected chi connectivity index (χ2v) is 18.6. The average molecular weight is 669 g/mol. The number of aliphatic hydroxyl groups excluding tert-OH is 2. The Balaban J connectivity index is 0.827. The van der Waals surface area contributed by atoms with Crippen molar-refractivity contribution in [3.05, 3.63) is 58.7 Å². The van der Waals surface area contributed by atoms with Gasteiger partial charge in [-0.25, -0.2) is 0 Å². The fourth-order valence-electron chi connectivity index (χ4n) is 13.8. The highest BCUT2D eigenvalue weighted by Gasteiger charge is 2.58. The lowest BCUT2D eigenvalue weighted by Gasteiger charge is -2.53. The summed E-state index contributed by atoms with van der Waals surface area (Å²) in [6.45, 7) is 4.77. The van der Waals surface area contributed by atoms with E-state index >= 15 is 0 Å². The van der Waals surface area contributed by atoms with Crippen molar-refractivity contribution in [3.63, 3.8) is 0 Å². The minimum atomic E-state index is -0.137. The average Bonchev–Trinajstić information content (AvgIpc) is 3.56. The minimum absolute atomic E-state index is 0.0898. The van der Waals surface area contributed by atoms with Crippen LogP contribution in [0, 0.1) is 46.3 Å². The molecule has 0 aromatic heterocycles. The summed E-state index contributed by atoms with van der Waals surface area (Å²) in [7, 11) is 0. The van der Waals surface area contributed by atoms with Gasteiger partial charge < -0.3 is 20.4 Å². The first kappa shape index (κ1) is 34.1. The maximum absolute atomic E-state index is 11.0. The van der Waals surface area contributed by atoms with E-state index in [1.807, 2.05) is 12.1 Å². The van der Waals surface area contributed by atoms with Crippen molar-refractivity contribution in [2.75, 3.05) is 0 Å². The summed E-state index contributed by atoms with van der Waals surface area (Å²) in [4.78, 5) is 0. The molecule has 4 heteroatoms. The normalized spacial score (nSPS) is 40.5. The van der Waals surface area contributed by atoms with Gasteiger partial charge in [-0.2, -0.15) is 0 Å². The number of fused-ring (bicyclic) bond motifs is 10. The van der Waals surface area contributed by atoms with Crippen molar-refractivity contribution >= 4 is 0 Å². The molecule has 268 valence electrons. The van der Waals surface area contributed by atoms with E-state index < -0.39 is 0 Å². The molecular weight excluding hydrogens is 604 g/mol. The standard InChI is InChI=1S/C45H64O4/c1-44-22-20-36-34-14-12-32(46)26-30(34)24-28(42(36)38(44)16-18-40(44)48)10-8-6-4-3-5-7-9-11-29-25-31-27-33(47)13-15-35(31)37-21-23-45(2)39(43(29)37)17-19-41(45)49/h12-15,26-29,36-43,46-49H,3-11,16-25H2,1-2H3/t28-,29+,36-,37+,38+,39-,40+,41-,42-,43-,44+,45-/m1/s1. The predicted molar refractivity (Wildman–Crippen MR) is 197 cm³/mol. The molecule has 0 unspecified atom stereocenters. The van der Waals surface area contributed by atoms with Gasteiger partial charge in [-0.15, -0.1) is 0 Å². The van der Waals surface area contributed by atoms with Gasteiger partial charge in [-0.05, 0) is 182 Å². The smallest absolute Gasteiger partial charge is 0.115 e. The third kappa shape index (κ3) is 5.97. The molecule has 0 bridgehead atoms. The van der Waals surface area contributed by atoms with E-state index in [0.717, 1.165) is 38.5 Å². The lowest BCUT2D eigenvalue weighted by atomic mass is 9.52. The van der Waals surface area contributed by atoms with Crippen molar-refractivity contribution in [3.8, 4) is 11.5 Å². The lowest BCUT2D eigenvalue weighted by Crippen LogP contribution is -2.47. The van der Waals surface area contributed by atoms with Gasteiger partial charge in [0.2, 0.25) is 0 Å². The number of aliphatic hydroxyl groups is 2. The van der Waals surface area contributed by atoms with Crippen LogP contribution in [0.15, 0.2) is 36.4 Å². The Labute approximate surface area is 296 Å². The highest BCUT2D eigenvalue weighted by Crippen LogP contribution is 2.64. The second kappa shape index (κ2) is 13.5. The van der Waals surface area contributed by atoms with Gasteiger partial charge in [-0.3, -0.25) is 0 Å². The van der Waals surface area contributed by atoms with Crippen molar-refractivity contribution < 1.29 is 20.4 Å². The van der Waals surface area contributed by atoms with Crippen LogP contribution in [0.3, 0.4) is 0 Å². The predicted octanol–water partition coefficient (Wildman–Crippen LogP) is 10.2.